The SMILES string of the molecule is Cc1ccc(SC(=S)SCc2ccc([N+](=O)[O-])o2)cc1. The normalized spacial score (nSPS) is 10.4. The van der Waals surface area contributed by atoms with Crippen LogP contribution in [0.4, 0.5) is 5.88 Å². The fourth-order valence-electron chi connectivity index (χ4n) is 1.40. The minimum Gasteiger partial charge on any atom is -0.405 e. The molecule has 0 fully saturated rings. The number of nitro groups is 1. The Labute approximate surface area is 130 Å². The molecule has 0 radical (unpaired) electrons. The molecule has 1 heterocycles. The standard InChI is InChI=1S/C13H11NO3S3/c1-9-2-5-11(6-3-9)20-13(18)19-8-10-4-7-12(17-10)14(15)16/h2-7H,8H2,1H3. The average Bonchev–Trinajstić information content (AvgIpc) is 2.88. The van der Waals surface area contributed by atoms with Crippen LogP contribution < -0.4 is 0 Å². The number of aryl methyl sites for hydroxylation is 1. The van der Waals surface area contributed by atoms with E-state index in [1.54, 1.807) is 6.07 Å². The smallest absolute Gasteiger partial charge is 0.405 e. The predicted molar refractivity (Wildman–Crippen MR) is 86.3 cm³/mol. The van der Waals surface area contributed by atoms with Crippen molar-refractivity contribution in [3.8, 4) is 0 Å². The highest BCUT2D eigenvalue weighted by Gasteiger charge is 2.12. The van der Waals surface area contributed by atoms with Crippen molar-refractivity contribution < 1.29 is 9.34 Å². The number of hydrogen-bond donors (Lipinski definition) is 0. The minimum absolute atomic E-state index is 0.238. The molecule has 0 unspecified atom stereocenters. The van der Waals surface area contributed by atoms with Crippen molar-refractivity contribution >= 4 is 45.2 Å². The molecule has 0 spiro atoms. The highest BCUT2D eigenvalue weighted by Crippen LogP contribution is 2.29. The summed E-state index contributed by atoms with van der Waals surface area (Å²) in [6, 6.07) is 11.1. The van der Waals surface area contributed by atoms with Gasteiger partial charge in [-0.3, -0.25) is 10.1 Å². The van der Waals surface area contributed by atoms with Crippen LogP contribution in [0.25, 0.3) is 0 Å². The van der Waals surface area contributed by atoms with Crippen molar-refractivity contribution in [1.29, 1.82) is 0 Å². The first-order valence-electron chi connectivity index (χ1n) is 5.69. The molecule has 4 nitrogen and oxygen atoms in total. The second-order valence-corrected chi connectivity index (χ2v) is 7.20. The Hall–Kier alpha value is -1.31. The molecule has 1 aromatic heterocycles. The van der Waals surface area contributed by atoms with Gasteiger partial charge in [-0.1, -0.05) is 53.4 Å². The van der Waals surface area contributed by atoms with Gasteiger partial charge in [0.2, 0.25) is 0 Å². The highest BCUT2D eigenvalue weighted by molar-refractivity contribution is 8.46. The van der Waals surface area contributed by atoms with Crippen molar-refractivity contribution in [2.24, 2.45) is 0 Å². The molecule has 0 bridgehead atoms. The third kappa shape index (κ3) is 4.36. The van der Waals surface area contributed by atoms with E-state index in [0.29, 0.717) is 11.5 Å². The molecule has 0 aliphatic heterocycles. The summed E-state index contributed by atoms with van der Waals surface area (Å²) in [7, 11) is 0. The second-order valence-electron chi connectivity index (χ2n) is 3.95. The Morgan fingerprint density at radius 2 is 2.00 bits per heavy atom. The number of hydrogen-bond acceptors (Lipinski definition) is 6. The highest BCUT2D eigenvalue weighted by atomic mass is 32.2. The molecule has 7 heteroatoms. The molecule has 0 N–H and O–H groups in total. The van der Waals surface area contributed by atoms with Gasteiger partial charge in [-0.25, -0.2) is 0 Å². The van der Waals surface area contributed by atoms with Crippen LogP contribution in [-0.4, -0.2) is 8.45 Å². The van der Waals surface area contributed by atoms with Crippen LogP contribution in [0.5, 0.6) is 0 Å². The number of thioether (sulfide) groups is 2. The van der Waals surface area contributed by atoms with E-state index >= 15 is 0 Å². The van der Waals surface area contributed by atoms with Gasteiger partial charge in [-0.05, 0) is 25.1 Å². The van der Waals surface area contributed by atoms with Crippen LogP contribution in [-0.2, 0) is 5.75 Å². The second kappa shape index (κ2) is 6.92. The van der Waals surface area contributed by atoms with Gasteiger partial charge in [0, 0.05) is 4.90 Å². The van der Waals surface area contributed by atoms with E-state index in [0.717, 1.165) is 8.42 Å². The lowest BCUT2D eigenvalue weighted by Gasteiger charge is -2.02. The van der Waals surface area contributed by atoms with Crippen LogP contribution in [0.2, 0.25) is 0 Å². The number of thiocarbonyl (C=S) groups is 1. The van der Waals surface area contributed by atoms with Crippen LogP contribution in [0.15, 0.2) is 45.7 Å². The Balaban J connectivity index is 1.85. The lowest BCUT2D eigenvalue weighted by molar-refractivity contribution is -0.402. The zero-order valence-electron chi connectivity index (χ0n) is 10.6. The quantitative estimate of drug-likeness (QED) is 0.348. The molecular weight excluding hydrogens is 314 g/mol. The Morgan fingerprint density at radius 3 is 2.60 bits per heavy atom. The first-order chi connectivity index (χ1) is 9.54. The van der Waals surface area contributed by atoms with Gasteiger partial charge in [0.1, 0.15) is 14.2 Å². The molecular formula is C13H11NO3S3. The molecule has 2 rings (SSSR count). The maximum Gasteiger partial charge on any atom is 0.433 e. The van der Waals surface area contributed by atoms with Gasteiger partial charge in [0.05, 0.1) is 11.8 Å². The minimum atomic E-state index is -0.548. The van der Waals surface area contributed by atoms with Crippen molar-refractivity contribution in [3.63, 3.8) is 0 Å². The van der Waals surface area contributed by atoms with Crippen molar-refractivity contribution in [1.82, 2.24) is 0 Å². The summed E-state index contributed by atoms with van der Waals surface area (Å²) in [6.45, 7) is 2.03. The first-order valence-corrected chi connectivity index (χ1v) is 7.90. The Bertz CT molecular complexity index is 622. The lowest BCUT2D eigenvalue weighted by Crippen LogP contribution is -1.85. The molecule has 0 amide bonds. The Morgan fingerprint density at radius 1 is 1.30 bits per heavy atom. The zero-order chi connectivity index (χ0) is 14.5. The lowest BCUT2D eigenvalue weighted by atomic mass is 10.2. The molecule has 0 aliphatic rings. The summed E-state index contributed by atoms with van der Waals surface area (Å²) in [5.74, 6) is 0.803. The van der Waals surface area contributed by atoms with Crippen molar-refractivity contribution in [2.45, 2.75) is 17.6 Å². The van der Waals surface area contributed by atoms with Crippen molar-refractivity contribution in [2.75, 3.05) is 0 Å². The third-order valence-corrected chi connectivity index (χ3v) is 4.93. The monoisotopic (exact) mass is 325 g/mol. The average molecular weight is 325 g/mol. The summed E-state index contributed by atoms with van der Waals surface area (Å²) in [6.07, 6.45) is 0. The topological polar surface area (TPSA) is 56.3 Å². The molecule has 0 atom stereocenters. The maximum absolute atomic E-state index is 10.5. The summed E-state index contributed by atoms with van der Waals surface area (Å²) >= 11 is 8.21. The van der Waals surface area contributed by atoms with E-state index in [1.807, 2.05) is 31.2 Å². The van der Waals surface area contributed by atoms with Crippen LogP contribution in [0, 0.1) is 17.0 Å². The Kier molecular flexibility index (Phi) is 5.22. The van der Waals surface area contributed by atoms with Crippen molar-refractivity contribution in [3.05, 3.63) is 57.8 Å². The van der Waals surface area contributed by atoms with Gasteiger partial charge in [-0.15, -0.1) is 0 Å². The predicted octanol–water partition coefficient (Wildman–Crippen LogP) is 4.81. The van der Waals surface area contributed by atoms with Crippen LogP contribution in [0.3, 0.4) is 0 Å². The van der Waals surface area contributed by atoms with E-state index in [9.17, 15) is 10.1 Å². The summed E-state index contributed by atoms with van der Waals surface area (Å²) in [5, 5.41) is 10.5. The fourth-order valence-corrected chi connectivity index (χ4v) is 3.45. The maximum atomic E-state index is 10.5. The molecule has 2 aromatic rings. The molecule has 0 saturated heterocycles. The van der Waals surface area contributed by atoms with E-state index in [4.69, 9.17) is 16.6 Å². The molecule has 0 saturated carbocycles. The van der Waals surface area contributed by atoms with Gasteiger partial charge >= 0.3 is 5.88 Å². The largest absolute Gasteiger partial charge is 0.433 e. The molecule has 1 aromatic carbocycles. The number of rotatable bonds is 4. The van der Waals surface area contributed by atoms with E-state index < -0.39 is 4.92 Å². The van der Waals surface area contributed by atoms with E-state index in [2.05, 4.69) is 0 Å². The zero-order valence-corrected chi connectivity index (χ0v) is 13.0. The van der Waals surface area contributed by atoms with Gasteiger partial charge in [0.25, 0.3) is 0 Å². The first kappa shape index (κ1) is 15.1. The number of benzene rings is 1. The number of furan rings is 1. The molecule has 104 valence electrons. The summed E-state index contributed by atoms with van der Waals surface area (Å²) in [5.41, 5.74) is 1.20. The van der Waals surface area contributed by atoms with Gasteiger partial charge in [0.15, 0.2) is 0 Å². The van der Waals surface area contributed by atoms with E-state index in [-0.39, 0.29) is 5.88 Å². The molecule has 20 heavy (non-hydrogen) atoms. The number of nitrogens with zero attached hydrogens (tertiary/aromatic N) is 1. The van der Waals surface area contributed by atoms with Gasteiger partial charge < -0.3 is 4.42 Å². The fraction of sp³-hybridized carbons (Fsp3) is 0.154. The summed E-state index contributed by atoms with van der Waals surface area (Å²) < 4.78 is 5.83. The molecule has 0 aliphatic carbocycles. The van der Waals surface area contributed by atoms with E-state index in [1.165, 1.54) is 35.2 Å². The third-order valence-electron chi connectivity index (χ3n) is 2.38. The van der Waals surface area contributed by atoms with Crippen LogP contribution >= 0.6 is 35.7 Å². The van der Waals surface area contributed by atoms with Crippen LogP contribution in [0.1, 0.15) is 11.3 Å². The summed E-state index contributed by atoms with van der Waals surface area (Å²) in [4.78, 5) is 11.0. The van der Waals surface area contributed by atoms with Gasteiger partial charge in [-0.2, -0.15) is 0 Å².